The van der Waals surface area contributed by atoms with Crippen molar-refractivity contribution in [3.63, 3.8) is 0 Å². The number of nitrogens with zero attached hydrogens (tertiary/aromatic N) is 1. The van der Waals surface area contributed by atoms with E-state index >= 15 is 0 Å². The van der Waals surface area contributed by atoms with E-state index in [0.717, 1.165) is 0 Å². The van der Waals surface area contributed by atoms with Gasteiger partial charge in [-0.15, -0.1) is 0 Å². The van der Waals surface area contributed by atoms with E-state index < -0.39 is 0 Å². The molecular formula is C6H7NO2+. The Kier molecular flexibility index (Phi) is 1.34. The van der Waals surface area contributed by atoms with Crippen LogP contribution in [0.5, 0.6) is 0 Å². The second kappa shape index (κ2) is 2.01. The van der Waals surface area contributed by atoms with Gasteiger partial charge in [0.05, 0.1) is 11.4 Å². The lowest BCUT2D eigenvalue weighted by Gasteiger charge is -1.92. The molecule has 47 valence electrons. The van der Waals surface area contributed by atoms with Crippen LogP contribution in [-0.4, -0.2) is 17.1 Å². The van der Waals surface area contributed by atoms with Gasteiger partial charge >= 0.3 is 0 Å². The van der Waals surface area contributed by atoms with Crippen molar-refractivity contribution in [1.29, 1.82) is 0 Å². The first-order valence-electron chi connectivity index (χ1n) is 2.67. The molecule has 1 N–H and O–H groups in total. The number of aliphatic imine (C=N–C) groups is 1. The van der Waals surface area contributed by atoms with Crippen LogP contribution in [0, 0.1) is 0 Å². The van der Waals surface area contributed by atoms with E-state index in [0.29, 0.717) is 5.70 Å². The van der Waals surface area contributed by atoms with Gasteiger partial charge in [-0.3, -0.25) is 4.79 Å². The summed E-state index contributed by atoms with van der Waals surface area (Å²) >= 11 is 0. The maximum Gasteiger partial charge on any atom is 0.295 e. The smallest absolute Gasteiger partial charge is 0.295 e. The zero-order valence-corrected chi connectivity index (χ0v) is 5.09. The van der Waals surface area contributed by atoms with E-state index in [9.17, 15) is 4.79 Å². The maximum atomic E-state index is 10.6. The van der Waals surface area contributed by atoms with E-state index in [1.165, 1.54) is 6.21 Å². The topological polar surface area (TPSA) is 51.4 Å². The van der Waals surface area contributed by atoms with Crippen LogP contribution in [-0.2, 0) is 4.79 Å². The normalized spacial score (nSPS) is 19.0. The summed E-state index contributed by atoms with van der Waals surface area (Å²) in [6.45, 7) is 1.60. The predicted octanol–water partition coefficient (Wildman–Crippen LogP) is 0.155. The molecule has 1 aliphatic heterocycles. The molecule has 1 rings (SSSR count). The summed E-state index contributed by atoms with van der Waals surface area (Å²) < 4.78 is 0. The molecular weight excluding hydrogens is 118 g/mol. The molecule has 0 aromatic rings. The number of hydrogen-bond acceptors (Lipinski definition) is 3. The van der Waals surface area contributed by atoms with Gasteiger partial charge in [-0.05, 0) is 0 Å². The van der Waals surface area contributed by atoms with Gasteiger partial charge in [0.2, 0.25) is 17.8 Å². The van der Waals surface area contributed by atoms with Crippen LogP contribution in [0.1, 0.15) is 13.3 Å². The number of carbonyl (C=O) groups is 1. The molecule has 0 aliphatic carbocycles. The summed E-state index contributed by atoms with van der Waals surface area (Å²) in [6, 6.07) is 0. The van der Waals surface area contributed by atoms with E-state index in [2.05, 4.69) is 4.99 Å². The minimum atomic E-state index is -0.248. The van der Waals surface area contributed by atoms with Crippen molar-refractivity contribution in [2.45, 2.75) is 13.3 Å². The third kappa shape index (κ3) is 0.988. The second-order valence-electron chi connectivity index (χ2n) is 1.87. The minimum Gasteiger partial charge on any atom is -0.500 e. The van der Waals surface area contributed by atoms with Crippen molar-refractivity contribution in [3.05, 3.63) is 11.5 Å². The van der Waals surface area contributed by atoms with Gasteiger partial charge in [-0.25, -0.2) is 0 Å². The van der Waals surface area contributed by atoms with Gasteiger partial charge < -0.3 is 5.11 Å². The average Bonchev–Trinajstić information content (AvgIpc) is 1.83. The quantitative estimate of drug-likeness (QED) is 0.501. The molecule has 0 spiro atoms. The lowest BCUT2D eigenvalue weighted by molar-refractivity contribution is -0.117. The molecule has 0 fully saturated rings. The van der Waals surface area contributed by atoms with E-state index in [1.807, 2.05) is 0 Å². The van der Waals surface area contributed by atoms with Gasteiger partial charge in [0.25, 0.3) is 5.70 Å². The molecule has 0 aromatic carbocycles. The van der Waals surface area contributed by atoms with E-state index in [4.69, 9.17) is 5.11 Å². The molecule has 0 saturated carbocycles. The fraction of sp³-hybridized carbons (Fsp3) is 0.333. The first-order chi connectivity index (χ1) is 4.22. The van der Waals surface area contributed by atoms with Crippen molar-refractivity contribution in [1.82, 2.24) is 4.99 Å². The standard InChI is InChI=1S/C6H7NO2/c1-4-6(9)5(8)2-3-7-4/h3,9H,2H2,1H3/q+1. The Hall–Kier alpha value is -1.12. The summed E-state index contributed by atoms with van der Waals surface area (Å²) in [4.78, 5) is 14.4. The van der Waals surface area contributed by atoms with Crippen LogP contribution in [0.25, 0.3) is 0 Å². The van der Waals surface area contributed by atoms with Crippen molar-refractivity contribution < 1.29 is 9.90 Å². The van der Waals surface area contributed by atoms with E-state index in [1.54, 1.807) is 6.92 Å². The first-order valence-corrected chi connectivity index (χ1v) is 2.67. The number of rotatable bonds is 0. The molecule has 1 radical (unpaired) electrons. The number of allylic oxidation sites excluding steroid dienone is 2. The summed E-state index contributed by atoms with van der Waals surface area (Å²) in [5, 5.41) is 8.86. The lowest BCUT2D eigenvalue weighted by Crippen LogP contribution is -2.13. The monoisotopic (exact) mass is 125 g/mol. The van der Waals surface area contributed by atoms with Gasteiger partial charge in [-0.1, -0.05) is 0 Å². The SMILES string of the molecule is CC1=C(O)C(=O)CC=[N+]1. The average molecular weight is 125 g/mol. The number of aliphatic hydroxyl groups is 1. The van der Waals surface area contributed by atoms with E-state index in [-0.39, 0.29) is 18.0 Å². The minimum absolute atomic E-state index is 0.197. The molecule has 9 heavy (non-hydrogen) atoms. The highest BCUT2D eigenvalue weighted by Gasteiger charge is 2.22. The second-order valence-corrected chi connectivity index (χ2v) is 1.87. The Balaban J connectivity index is 2.97. The van der Waals surface area contributed by atoms with Crippen LogP contribution in [0.2, 0.25) is 0 Å². The highest BCUT2D eigenvalue weighted by atomic mass is 16.3. The molecule has 3 heteroatoms. The molecule has 0 unspecified atom stereocenters. The maximum absolute atomic E-state index is 10.6. The largest absolute Gasteiger partial charge is 0.500 e. The van der Waals surface area contributed by atoms with Gasteiger partial charge in [-0.2, -0.15) is 0 Å². The van der Waals surface area contributed by atoms with Crippen molar-refractivity contribution in [2.24, 2.45) is 0 Å². The summed E-state index contributed by atoms with van der Waals surface area (Å²) in [5.41, 5.74) is 0.409. The van der Waals surface area contributed by atoms with Crippen molar-refractivity contribution >= 4 is 12.0 Å². The molecule has 1 aliphatic rings. The number of aliphatic hydroxyl groups excluding tert-OH is 1. The summed E-state index contributed by atoms with van der Waals surface area (Å²) in [5.74, 6) is -0.444. The first kappa shape index (κ1) is 6.01. The van der Waals surface area contributed by atoms with Crippen molar-refractivity contribution in [2.75, 3.05) is 0 Å². The Morgan fingerprint density at radius 3 is 2.89 bits per heavy atom. The molecule has 0 saturated heterocycles. The van der Waals surface area contributed by atoms with Crippen LogP contribution in [0.4, 0.5) is 0 Å². The molecule has 0 atom stereocenters. The molecule has 1 heterocycles. The number of ketones is 1. The zero-order valence-electron chi connectivity index (χ0n) is 5.09. The summed E-state index contributed by atoms with van der Waals surface area (Å²) in [6.07, 6.45) is 1.72. The Bertz CT molecular complexity index is 203. The van der Waals surface area contributed by atoms with Gasteiger partial charge in [0.15, 0.2) is 0 Å². The van der Waals surface area contributed by atoms with Crippen LogP contribution in [0.15, 0.2) is 11.5 Å². The molecule has 0 amide bonds. The van der Waals surface area contributed by atoms with Crippen LogP contribution in [0.3, 0.4) is 0 Å². The Morgan fingerprint density at radius 2 is 2.44 bits per heavy atom. The number of carbonyl (C=O) groups excluding carboxylic acids is 1. The van der Waals surface area contributed by atoms with Crippen LogP contribution < -0.4 is 4.99 Å². The number of hydrogen-bond donors (Lipinski definition) is 1. The lowest BCUT2D eigenvalue weighted by atomic mass is 10.2. The van der Waals surface area contributed by atoms with Crippen molar-refractivity contribution in [3.8, 4) is 0 Å². The number of Topliss-reactive ketones (excluding diaryl/α,β-unsaturated/α-hetero) is 1. The Morgan fingerprint density at radius 1 is 1.78 bits per heavy atom. The fourth-order valence-corrected chi connectivity index (χ4v) is 0.625. The van der Waals surface area contributed by atoms with Gasteiger partial charge in [0, 0.05) is 6.92 Å². The van der Waals surface area contributed by atoms with Crippen LogP contribution >= 0.6 is 0 Å². The van der Waals surface area contributed by atoms with Gasteiger partial charge in [0.1, 0.15) is 0 Å². The highest BCUT2D eigenvalue weighted by molar-refractivity contribution is 6.03. The zero-order chi connectivity index (χ0) is 6.85. The fourth-order valence-electron chi connectivity index (χ4n) is 0.625. The third-order valence-electron chi connectivity index (χ3n) is 1.17. The summed E-state index contributed by atoms with van der Waals surface area (Å²) in [7, 11) is 0. The third-order valence-corrected chi connectivity index (χ3v) is 1.17. The molecule has 3 nitrogen and oxygen atoms in total. The highest BCUT2D eigenvalue weighted by Crippen LogP contribution is 2.02. The molecule has 0 bridgehead atoms. The Labute approximate surface area is 52.7 Å². The predicted molar refractivity (Wildman–Crippen MR) is 33.2 cm³/mol. The molecule has 0 aromatic heterocycles.